The lowest BCUT2D eigenvalue weighted by Gasteiger charge is -2.24. The van der Waals surface area contributed by atoms with E-state index >= 15 is 0 Å². The molecule has 0 radical (unpaired) electrons. The Kier molecular flexibility index (Phi) is 3.15. The average Bonchev–Trinajstić information content (AvgIpc) is 2.33. The molecule has 1 unspecified atom stereocenters. The summed E-state index contributed by atoms with van der Waals surface area (Å²) in [6, 6.07) is 4.13. The molecule has 1 N–H and O–H groups in total. The van der Waals surface area contributed by atoms with Crippen molar-refractivity contribution in [2.24, 2.45) is 0 Å². The van der Waals surface area contributed by atoms with Crippen molar-refractivity contribution >= 4 is 23.3 Å². The first-order chi connectivity index (χ1) is 8.11. The monoisotopic (exact) mass is 251 g/mol. The number of amides is 1. The number of benzene rings is 1. The molecule has 2 rings (SSSR count). The molecule has 0 saturated heterocycles. The first-order valence-corrected chi connectivity index (χ1v) is 5.39. The highest BCUT2D eigenvalue weighted by Crippen LogP contribution is 2.27. The molecule has 1 aliphatic rings. The van der Waals surface area contributed by atoms with Crippen molar-refractivity contribution in [1.82, 2.24) is 5.32 Å². The highest BCUT2D eigenvalue weighted by Gasteiger charge is 2.29. The second-order valence-corrected chi connectivity index (χ2v) is 4.02. The molecule has 0 aromatic heterocycles. The zero-order chi connectivity index (χ0) is 12.4. The number of hydrogen-bond acceptors (Lipinski definition) is 3. The molecule has 1 aliphatic heterocycles. The highest BCUT2D eigenvalue weighted by molar-refractivity contribution is 6.31. The van der Waals surface area contributed by atoms with Crippen LogP contribution >= 0.6 is 11.6 Å². The second kappa shape index (κ2) is 4.59. The minimum atomic E-state index is -0.688. The van der Waals surface area contributed by atoms with Gasteiger partial charge in [0, 0.05) is 5.02 Å². The summed E-state index contributed by atoms with van der Waals surface area (Å²) in [6.45, 7) is 3.44. The van der Waals surface area contributed by atoms with Crippen LogP contribution in [0.4, 0.5) is 0 Å². The summed E-state index contributed by atoms with van der Waals surface area (Å²) in [7, 11) is 0. The van der Waals surface area contributed by atoms with E-state index in [4.69, 9.17) is 16.3 Å². The number of fused-ring (bicyclic) bond motifs is 1. The van der Waals surface area contributed by atoms with Gasteiger partial charge in [0.1, 0.15) is 18.4 Å². The molecular weight excluding hydrogens is 242 g/mol. The van der Waals surface area contributed by atoms with Gasteiger partial charge in [-0.2, -0.15) is 0 Å². The fourth-order valence-electron chi connectivity index (χ4n) is 1.59. The van der Waals surface area contributed by atoms with Gasteiger partial charge in [-0.05, 0) is 24.3 Å². The van der Waals surface area contributed by atoms with Crippen molar-refractivity contribution in [3.63, 3.8) is 0 Å². The van der Waals surface area contributed by atoms with Gasteiger partial charge in [-0.3, -0.25) is 9.59 Å². The molecule has 1 aromatic carbocycles. The number of rotatable bonds is 2. The highest BCUT2D eigenvalue weighted by atomic mass is 35.5. The lowest BCUT2D eigenvalue weighted by atomic mass is 10.0. The Morgan fingerprint density at radius 1 is 1.59 bits per heavy atom. The van der Waals surface area contributed by atoms with Gasteiger partial charge in [-0.25, -0.2) is 0 Å². The molecule has 1 amide bonds. The molecule has 88 valence electrons. The smallest absolute Gasteiger partial charge is 0.244 e. The van der Waals surface area contributed by atoms with Crippen LogP contribution in [0.5, 0.6) is 5.75 Å². The quantitative estimate of drug-likeness (QED) is 0.812. The van der Waals surface area contributed by atoms with Crippen LogP contribution in [0.2, 0.25) is 5.02 Å². The predicted octanol–water partition coefficient (Wildman–Crippen LogP) is 1.59. The predicted molar refractivity (Wildman–Crippen MR) is 63.4 cm³/mol. The molecule has 1 aromatic rings. The molecule has 0 bridgehead atoms. The minimum absolute atomic E-state index is 0.118. The van der Waals surface area contributed by atoms with E-state index in [1.54, 1.807) is 12.1 Å². The summed E-state index contributed by atoms with van der Waals surface area (Å²) in [5, 5.41) is 2.96. The fourth-order valence-corrected chi connectivity index (χ4v) is 1.77. The summed E-state index contributed by atoms with van der Waals surface area (Å²) < 4.78 is 5.38. The first kappa shape index (κ1) is 11.7. The normalized spacial score (nSPS) is 17.9. The Balaban J connectivity index is 2.26. The number of carbonyl (C=O) groups excluding carboxylic acids is 2. The number of ketones is 1. The average molecular weight is 252 g/mol. The summed E-state index contributed by atoms with van der Waals surface area (Å²) in [6.07, 6.45) is 1.11. The van der Waals surface area contributed by atoms with Gasteiger partial charge in [0.25, 0.3) is 0 Å². The molecule has 0 aliphatic carbocycles. The van der Waals surface area contributed by atoms with Crippen molar-refractivity contribution in [2.45, 2.75) is 6.04 Å². The van der Waals surface area contributed by atoms with E-state index in [1.165, 1.54) is 6.07 Å². The zero-order valence-electron chi connectivity index (χ0n) is 8.90. The maximum atomic E-state index is 12.0. The van der Waals surface area contributed by atoms with Gasteiger partial charge in [0.2, 0.25) is 5.91 Å². The van der Waals surface area contributed by atoms with Crippen LogP contribution in [-0.2, 0) is 4.79 Å². The molecular formula is C12H10ClNO3. The molecule has 17 heavy (non-hydrogen) atoms. The van der Waals surface area contributed by atoms with E-state index in [1.807, 2.05) is 0 Å². The van der Waals surface area contributed by atoms with E-state index in [9.17, 15) is 9.59 Å². The minimum Gasteiger partial charge on any atom is -0.490 e. The summed E-state index contributed by atoms with van der Waals surface area (Å²) in [5.74, 6) is -0.120. The Hall–Kier alpha value is -1.81. The third-order valence-corrected chi connectivity index (χ3v) is 2.67. The maximum Gasteiger partial charge on any atom is 0.244 e. The van der Waals surface area contributed by atoms with Gasteiger partial charge in [-0.1, -0.05) is 18.2 Å². The SMILES string of the molecule is C=CC(=O)NC1COc2ccc(Cl)cc2C1=O. The number of hydrogen-bond donors (Lipinski definition) is 1. The third kappa shape index (κ3) is 2.31. The van der Waals surface area contributed by atoms with Crippen LogP contribution in [0, 0.1) is 0 Å². The first-order valence-electron chi connectivity index (χ1n) is 5.01. The van der Waals surface area contributed by atoms with Crippen molar-refractivity contribution in [2.75, 3.05) is 6.61 Å². The van der Waals surface area contributed by atoms with E-state index < -0.39 is 11.9 Å². The van der Waals surface area contributed by atoms with Gasteiger partial charge >= 0.3 is 0 Å². The van der Waals surface area contributed by atoms with Crippen molar-refractivity contribution in [1.29, 1.82) is 0 Å². The Labute approximate surface area is 103 Å². The van der Waals surface area contributed by atoms with Crippen LogP contribution < -0.4 is 10.1 Å². The van der Waals surface area contributed by atoms with Crippen LogP contribution in [-0.4, -0.2) is 24.3 Å². The van der Waals surface area contributed by atoms with Crippen LogP contribution in [0.3, 0.4) is 0 Å². The summed E-state index contributed by atoms with van der Waals surface area (Å²) >= 11 is 5.81. The Bertz CT molecular complexity index is 499. The van der Waals surface area contributed by atoms with E-state index in [-0.39, 0.29) is 12.4 Å². The second-order valence-electron chi connectivity index (χ2n) is 3.58. The Morgan fingerprint density at radius 2 is 2.35 bits per heavy atom. The maximum absolute atomic E-state index is 12.0. The number of carbonyl (C=O) groups is 2. The summed E-state index contributed by atoms with van der Waals surface area (Å²) in [5.41, 5.74) is 0.387. The molecule has 5 heteroatoms. The van der Waals surface area contributed by atoms with Crippen LogP contribution in [0.25, 0.3) is 0 Å². The topological polar surface area (TPSA) is 55.4 Å². The Morgan fingerprint density at radius 3 is 3.06 bits per heavy atom. The van der Waals surface area contributed by atoms with E-state index in [2.05, 4.69) is 11.9 Å². The largest absolute Gasteiger partial charge is 0.490 e. The molecule has 0 fully saturated rings. The van der Waals surface area contributed by atoms with E-state index in [0.717, 1.165) is 6.08 Å². The summed E-state index contributed by atoms with van der Waals surface area (Å²) in [4.78, 5) is 23.2. The van der Waals surface area contributed by atoms with Crippen molar-refractivity contribution in [3.05, 3.63) is 41.4 Å². The molecule has 1 heterocycles. The lowest BCUT2D eigenvalue weighted by molar-refractivity contribution is -0.117. The van der Waals surface area contributed by atoms with Crippen LogP contribution in [0.1, 0.15) is 10.4 Å². The number of halogens is 1. The standard InChI is InChI=1S/C12H10ClNO3/c1-2-11(15)14-9-6-17-10-4-3-7(13)5-8(10)12(9)16/h2-5,9H,1,6H2,(H,14,15). The molecule has 0 spiro atoms. The number of ether oxygens (including phenoxy) is 1. The van der Waals surface area contributed by atoms with E-state index in [0.29, 0.717) is 16.3 Å². The third-order valence-electron chi connectivity index (χ3n) is 2.43. The van der Waals surface area contributed by atoms with Gasteiger partial charge < -0.3 is 10.1 Å². The van der Waals surface area contributed by atoms with Gasteiger partial charge in [0.05, 0.1) is 5.56 Å². The lowest BCUT2D eigenvalue weighted by Crippen LogP contribution is -2.46. The number of nitrogens with one attached hydrogen (secondary N) is 1. The van der Waals surface area contributed by atoms with Crippen LogP contribution in [0.15, 0.2) is 30.9 Å². The molecule has 4 nitrogen and oxygen atoms in total. The number of Topliss-reactive ketones (excluding diaryl/α,β-unsaturated/α-hetero) is 1. The molecule has 1 atom stereocenters. The zero-order valence-corrected chi connectivity index (χ0v) is 9.66. The van der Waals surface area contributed by atoms with Gasteiger partial charge in [0.15, 0.2) is 5.78 Å². The van der Waals surface area contributed by atoms with Gasteiger partial charge in [-0.15, -0.1) is 0 Å². The van der Waals surface area contributed by atoms with Crippen molar-refractivity contribution in [3.8, 4) is 5.75 Å². The molecule has 0 saturated carbocycles. The van der Waals surface area contributed by atoms with Crippen molar-refractivity contribution < 1.29 is 14.3 Å². The fraction of sp³-hybridized carbons (Fsp3) is 0.167.